The second-order valence-electron chi connectivity index (χ2n) is 4.68. The summed E-state index contributed by atoms with van der Waals surface area (Å²) in [5.74, 6) is 0.522. The monoisotopic (exact) mass is 271 g/mol. The van der Waals surface area contributed by atoms with Crippen LogP contribution in [0, 0.1) is 0 Å². The molecule has 1 N–H and O–H groups in total. The van der Waals surface area contributed by atoms with Gasteiger partial charge in [-0.25, -0.2) is 4.98 Å². The van der Waals surface area contributed by atoms with E-state index in [1.54, 1.807) is 18.4 Å². The number of thiazole rings is 1. The topological polar surface area (TPSA) is 37.4 Å². The van der Waals surface area contributed by atoms with Crippen LogP contribution >= 0.6 is 11.3 Å². The van der Waals surface area contributed by atoms with Crippen molar-refractivity contribution in [2.45, 2.75) is 32.7 Å². The highest BCUT2D eigenvalue weighted by atomic mass is 32.1. The lowest BCUT2D eigenvalue weighted by Gasteiger charge is -2.09. The minimum absolute atomic E-state index is 0.522. The van der Waals surface area contributed by atoms with Crippen molar-refractivity contribution >= 4 is 16.5 Å². The van der Waals surface area contributed by atoms with Crippen LogP contribution in [0.15, 0.2) is 0 Å². The van der Waals surface area contributed by atoms with E-state index in [1.807, 2.05) is 14.1 Å². The van der Waals surface area contributed by atoms with E-state index in [0.717, 1.165) is 31.2 Å². The summed E-state index contributed by atoms with van der Waals surface area (Å²) in [4.78, 5) is 8.18. The predicted molar refractivity (Wildman–Crippen MR) is 78.7 cm³/mol. The van der Waals surface area contributed by atoms with Crippen molar-refractivity contribution in [3.8, 4) is 0 Å². The first-order chi connectivity index (χ1) is 8.60. The second kappa shape index (κ2) is 7.71. The van der Waals surface area contributed by atoms with Gasteiger partial charge in [0.2, 0.25) is 0 Å². The number of methoxy groups -OCH3 is 1. The number of anilines is 1. The highest BCUT2D eigenvalue weighted by Crippen LogP contribution is 2.31. The minimum atomic E-state index is 0.522. The lowest BCUT2D eigenvalue weighted by molar-refractivity contribution is 0.199. The van der Waals surface area contributed by atoms with Crippen LogP contribution in [0.1, 0.15) is 36.8 Å². The Balaban J connectivity index is 2.73. The normalized spacial score (nSPS) is 12.7. The molecule has 104 valence electrons. The number of nitrogens with zero attached hydrogens (tertiary/aromatic N) is 2. The second-order valence-corrected chi connectivity index (χ2v) is 5.74. The van der Waals surface area contributed by atoms with Gasteiger partial charge in [0.15, 0.2) is 5.13 Å². The van der Waals surface area contributed by atoms with Gasteiger partial charge in [-0.15, -0.1) is 11.3 Å². The van der Waals surface area contributed by atoms with Gasteiger partial charge < -0.3 is 15.0 Å². The van der Waals surface area contributed by atoms with E-state index >= 15 is 0 Å². The summed E-state index contributed by atoms with van der Waals surface area (Å²) >= 11 is 1.78. The molecule has 5 heteroatoms. The van der Waals surface area contributed by atoms with E-state index in [1.165, 1.54) is 10.6 Å². The molecule has 0 spiro atoms. The zero-order valence-electron chi connectivity index (χ0n) is 12.1. The van der Waals surface area contributed by atoms with Crippen LogP contribution in [0.25, 0.3) is 0 Å². The summed E-state index contributed by atoms with van der Waals surface area (Å²) in [5, 5.41) is 4.49. The number of hydrogen-bond acceptors (Lipinski definition) is 5. The molecule has 1 rings (SSSR count). The summed E-state index contributed by atoms with van der Waals surface area (Å²) in [6.45, 7) is 6.97. The molecule has 0 aliphatic heterocycles. The van der Waals surface area contributed by atoms with Gasteiger partial charge in [-0.2, -0.15) is 0 Å². The molecule has 0 radical (unpaired) electrons. The van der Waals surface area contributed by atoms with Crippen LogP contribution in [0.5, 0.6) is 0 Å². The maximum absolute atomic E-state index is 5.04. The molecule has 0 bridgehead atoms. The maximum atomic E-state index is 5.04. The largest absolute Gasteiger partial charge is 0.383 e. The Morgan fingerprint density at radius 2 is 2.17 bits per heavy atom. The van der Waals surface area contributed by atoms with E-state index in [-0.39, 0.29) is 0 Å². The van der Waals surface area contributed by atoms with Crippen LogP contribution < -0.4 is 10.2 Å². The van der Waals surface area contributed by atoms with E-state index in [2.05, 4.69) is 24.1 Å². The molecule has 0 fully saturated rings. The van der Waals surface area contributed by atoms with Crippen LogP contribution in [0.3, 0.4) is 0 Å². The summed E-state index contributed by atoms with van der Waals surface area (Å²) in [5.41, 5.74) is 1.25. The summed E-state index contributed by atoms with van der Waals surface area (Å²) in [6.07, 6.45) is 1.13. The standard InChI is InChI=1S/C13H25N3OS/c1-6-10(2)12-11(9-14-7-8-17-5)18-13(15-12)16(3)4/h10,14H,6-9H2,1-5H3. The Kier molecular flexibility index (Phi) is 6.60. The fourth-order valence-corrected chi connectivity index (χ4v) is 2.70. The van der Waals surface area contributed by atoms with E-state index in [0.29, 0.717) is 5.92 Å². The lowest BCUT2D eigenvalue weighted by atomic mass is 10.0. The van der Waals surface area contributed by atoms with Crippen molar-refractivity contribution in [3.05, 3.63) is 10.6 Å². The Morgan fingerprint density at radius 3 is 2.72 bits per heavy atom. The van der Waals surface area contributed by atoms with E-state index in [4.69, 9.17) is 9.72 Å². The SMILES string of the molecule is CCC(C)c1nc(N(C)C)sc1CNCCOC. The average Bonchev–Trinajstić information content (AvgIpc) is 2.78. The van der Waals surface area contributed by atoms with Crippen molar-refractivity contribution in [2.75, 3.05) is 39.3 Å². The van der Waals surface area contributed by atoms with Gasteiger partial charge in [0.1, 0.15) is 0 Å². The van der Waals surface area contributed by atoms with Crippen molar-refractivity contribution in [3.63, 3.8) is 0 Å². The maximum Gasteiger partial charge on any atom is 0.185 e. The Morgan fingerprint density at radius 1 is 1.44 bits per heavy atom. The van der Waals surface area contributed by atoms with Crippen LogP contribution in [-0.4, -0.2) is 39.3 Å². The van der Waals surface area contributed by atoms with Crippen molar-refractivity contribution in [1.82, 2.24) is 10.3 Å². The molecule has 4 nitrogen and oxygen atoms in total. The number of aromatic nitrogens is 1. The average molecular weight is 271 g/mol. The minimum Gasteiger partial charge on any atom is -0.383 e. The molecule has 1 unspecified atom stereocenters. The fraction of sp³-hybridized carbons (Fsp3) is 0.769. The van der Waals surface area contributed by atoms with Gasteiger partial charge in [-0.3, -0.25) is 0 Å². The van der Waals surface area contributed by atoms with Crippen molar-refractivity contribution < 1.29 is 4.74 Å². The van der Waals surface area contributed by atoms with Gasteiger partial charge in [-0.05, 0) is 12.3 Å². The van der Waals surface area contributed by atoms with E-state index in [9.17, 15) is 0 Å². The molecule has 0 amide bonds. The molecular formula is C13H25N3OS. The Hall–Kier alpha value is -0.650. The quantitative estimate of drug-likeness (QED) is 0.737. The highest BCUT2D eigenvalue weighted by molar-refractivity contribution is 7.15. The zero-order valence-corrected chi connectivity index (χ0v) is 12.9. The first kappa shape index (κ1) is 15.4. The first-order valence-electron chi connectivity index (χ1n) is 6.46. The van der Waals surface area contributed by atoms with Gasteiger partial charge in [-0.1, -0.05) is 13.8 Å². The number of hydrogen-bond donors (Lipinski definition) is 1. The molecular weight excluding hydrogens is 246 g/mol. The molecule has 1 atom stereocenters. The smallest absolute Gasteiger partial charge is 0.185 e. The highest BCUT2D eigenvalue weighted by Gasteiger charge is 2.16. The fourth-order valence-electron chi connectivity index (χ4n) is 1.62. The Labute approximate surface area is 114 Å². The third-order valence-electron chi connectivity index (χ3n) is 2.95. The van der Waals surface area contributed by atoms with Crippen molar-refractivity contribution in [2.24, 2.45) is 0 Å². The van der Waals surface area contributed by atoms with Crippen molar-refractivity contribution in [1.29, 1.82) is 0 Å². The molecule has 18 heavy (non-hydrogen) atoms. The summed E-state index contributed by atoms with van der Waals surface area (Å²) < 4.78 is 5.04. The molecule has 1 aromatic rings. The van der Waals surface area contributed by atoms with E-state index < -0.39 is 0 Å². The van der Waals surface area contributed by atoms with Gasteiger partial charge in [0.05, 0.1) is 12.3 Å². The third-order valence-corrected chi connectivity index (χ3v) is 4.19. The third kappa shape index (κ3) is 4.23. The number of rotatable bonds is 8. The molecule has 0 saturated heterocycles. The number of ether oxygens (including phenoxy) is 1. The molecule has 1 aromatic heterocycles. The van der Waals surface area contributed by atoms with Gasteiger partial charge >= 0.3 is 0 Å². The molecule has 0 aliphatic rings. The Bertz CT molecular complexity index is 352. The van der Waals surface area contributed by atoms with Crippen LogP contribution in [0.4, 0.5) is 5.13 Å². The molecule has 0 aromatic carbocycles. The van der Waals surface area contributed by atoms with Gasteiger partial charge in [0.25, 0.3) is 0 Å². The molecule has 0 saturated carbocycles. The van der Waals surface area contributed by atoms with Gasteiger partial charge in [0, 0.05) is 39.2 Å². The zero-order chi connectivity index (χ0) is 13.5. The molecule has 1 heterocycles. The lowest BCUT2D eigenvalue weighted by Crippen LogP contribution is -2.18. The predicted octanol–water partition coefficient (Wildman–Crippen LogP) is 2.46. The van der Waals surface area contributed by atoms with Crippen LogP contribution in [-0.2, 0) is 11.3 Å². The van der Waals surface area contributed by atoms with Crippen LogP contribution in [0.2, 0.25) is 0 Å². The number of nitrogens with one attached hydrogen (secondary N) is 1. The summed E-state index contributed by atoms with van der Waals surface area (Å²) in [7, 11) is 5.81. The first-order valence-corrected chi connectivity index (χ1v) is 7.28. The summed E-state index contributed by atoms with van der Waals surface area (Å²) in [6, 6.07) is 0. The molecule has 0 aliphatic carbocycles.